The number of aryl methyl sites for hydroxylation is 2. The maximum Gasteiger partial charge on any atom is 0.573 e. The van der Waals surface area contributed by atoms with Gasteiger partial charge in [-0.25, -0.2) is 4.98 Å². The largest absolute Gasteiger partial charge is 0.573 e. The first-order valence-corrected chi connectivity index (χ1v) is 13.8. The maximum atomic E-state index is 14.5. The van der Waals surface area contributed by atoms with Crippen LogP contribution in [-0.4, -0.2) is 33.3 Å². The molecule has 0 atom stereocenters. The van der Waals surface area contributed by atoms with E-state index >= 15 is 0 Å². The molecule has 43 heavy (non-hydrogen) atoms. The summed E-state index contributed by atoms with van der Waals surface area (Å²) in [5.74, 6) is -5.76. The van der Waals surface area contributed by atoms with E-state index < -0.39 is 29.6 Å². The van der Waals surface area contributed by atoms with E-state index in [1.165, 1.54) is 23.9 Å². The number of carbonyl (C=O) groups excluding carboxylic acids is 1. The molecule has 0 radical (unpaired) electrons. The molecule has 7 nitrogen and oxygen atoms in total. The minimum atomic E-state index is -4.85. The van der Waals surface area contributed by atoms with Crippen LogP contribution in [0.2, 0.25) is 0 Å². The third kappa shape index (κ3) is 6.12. The van der Waals surface area contributed by atoms with Gasteiger partial charge in [0.15, 0.2) is 11.7 Å². The van der Waals surface area contributed by atoms with Crippen LogP contribution in [-0.2, 0) is 17.8 Å². The van der Waals surface area contributed by atoms with E-state index in [4.69, 9.17) is 10.2 Å². The number of nitrogens with zero attached hydrogens (tertiary/aromatic N) is 3. The monoisotopic (exact) mass is 614 g/mol. The van der Waals surface area contributed by atoms with Crippen LogP contribution in [0.4, 0.5) is 22.0 Å². The summed E-state index contributed by atoms with van der Waals surface area (Å²) in [6, 6.07) is 19.3. The van der Waals surface area contributed by atoms with Crippen molar-refractivity contribution >= 4 is 17.7 Å². The SMILES string of the molecule is CSc1cccc(-c2ccc(-c3cc(C(F)(F)C(N)=O)nn3C)c(-c3oc(C)nc3-c3ccc(OC(F)(F)F)cc3)c2)c1. The van der Waals surface area contributed by atoms with Gasteiger partial charge in [0.2, 0.25) is 0 Å². The van der Waals surface area contributed by atoms with Crippen LogP contribution in [0.3, 0.4) is 0 Å². The minimum absolute atomic E-state index is 0.226. The highest BCUT2D eigenvalue weighted by molar-refractivity contribution is 7.98. The molecular formula is C30H23F5N4O3S. The second-order valence-electron chi connectivity index (χ2n) is 9.45. The summed E-state index contributed by atoms with van der Waals surface area (Å²) in [5.41, 5.74) is 7.56. The van der Waals surface area contributed by atoms with Crippen molar-refractivity contribution in [3.8, 4) is 50.7 Å². The fourth-order valence-corrected chi connectivity index (χ4v) is 5.02. The third-order valence-corrected chi connectivity index (χ3v) is 7.27. The summed E-state index contributed by atoms with van der Waals surface area (Å²) in [4.78, 5) is 17.0. The zero-order chi connectivity index (χ0) is 31.1. The molecule has 5 aromatic rings. The molecule has 0 fully saturated rings. The third-order valence-electron chi connectivity index (χ3n) is 6.55. The number of rotatable bonds is 8. The van der Waals surface area contributed by atoms with Crippen LogP contribution in [0, 0.1) is 6.92 Å². The van der Waals surface area contributed by atoms with Crippen LogP contribution in [0.1, 0.15) is 11.6 Å². The highest BCUT2D eigenvalue weighted by Crippen LogP contribution is 2.42. The fourth-order valence-electron chi connectivity index (χ4n) is 4.56. The zero-order valence-corrected chi connectivity index (χ0v) is 23.7. The first-order valence-electron chi connectivity index (χ1n) is 12.6. The van der Waals surface area contributed by atoms with Crippen molar-refractivity contribution in [3.63, 3.8) is 0 Å². The predicted octanol–water partition coefficient (Wildman–Crippen LogP) is 7.58. The second-order valence-corrected chi connectivity index (χ2v) is 10.3. The fraction of sp³-hybridized carbons (Fsp3) is 0.167. The minimum Gasteiger partial charge on any atom is -0.440 e. The number of halogens is 5. The molecule has 0 aliphatic carbocycles. The number of ether oxygens (including phenoxy) is 1. The number of nitrogens with two attached hydrogens (primary N) is 1. The molecule has 3 aromatic carbocycles. The molecule has 0 spiro atoms. The number of amides is 1. The van der Waals surface area contributed by atoms with Gasteiger partial charge in [-0.3, -0.25) is 9.48 Å². The Bertz CT molecular complexity index is 1810. The molecule has 1 amide bonds. The number of hydrogen-bond donors (Lipinski definition) is 1. The van der Waals surface area contributed by atoms with E-state index in [0.717, 1.165) is 34.2 Å². The van der Waals surface area contributed by atoms with E-state index in [-0.39, 0.29) is 17.3 Å². The molecule has 0 bridgehead atoms. The number of alkyl halides is 5. The molecular weight excluding hydrogens is 591 g/mol. The lowest BCUT2D eigenvalue weighted by Crippen LogP contribution is -2.33. The lowest BCUT2D eigenvalue weighted by molar-refractivity contribution is -0.274. The van der Waals surface area contributed by atoms with Gasteiger partial charge in [0.05, 0.1) is 5.69 Å². The molecule has 0 unspecified atom stereocenters. The maximum absolute atomic E-state index is 14.5. The van der Waals surface area contributed by atoms with Gasteiger partial charge in [0.25, 0.3) is 5.91 Å². The second kappa shape index (κ2) is 11.2. The summed E-state index contributed by atoms with van der Waals surface area (Å²) in [5, 5.41) is 3.85. The Balaban J connectivity index is 1.71. The standard InChI is InChI=1S/C30H23F5N4O3S/c1-16-37-26(17-7-10-20(11-8-17)42-30(33,34)35)27(41-16)23-14-19(18-5-4-6-21(13-18)43-3)9-12-22(23)24-15-25(38-39(24)2)29(31,32)28(36)40/h4-15H,1-3H3,(H2,36,40). The van der Waals surface area contributed by atoms with Gasteiger partial charge in [0, 0.05) is 35.6 Å². The number of aromatic nitrogens is 3. The molecule has 0 aliphatic heterocycles. The van der Waals surface area contributed by atoms with Crippen molar-refractivity contribution in [1.29, 1.82) is 0 Å². The van der Waals surface area contributed by atoms with E-state index in [2.05, 4.69) is 14.8 Å². The summed E-state index contributed by atoms with van der Waals surface area (Å²) in [6.07, 6.45) is -2.91. The van der Waals surface area contributed by atoms with Gasteiger partial charge in [-0.05, 0) is 65.9 Å². The van der Waals surface area contributed by atoms with Crippen molar-refractivity contribution in [2.45, 2.75) is 24.1 Å². The molecule has 0 aliphatic rings. The quantitative estimate of drug-likeness (QED) is 0.143. The van der Waals surface area contributed by atoms with Crippen molar-refractivity contribution in [1.82, 2.24) is 14.8 Å². The van der Waals surface area contributed by atoms with Gasteiger partial charge in [-0.2, -0.15) is 13.9 Å². The first-order chi connectivity index (χ1) is 20.3. The lowest BCUT2D eigenvalue weighted by atomic mass is 9.94. The Kier molecular flexibility index (Phi) is 7.78. The molecule has 13 heteroatoms. The van der Waals surface area contributed by atoms with Gasteiger partial charge < -0.3 is 14.9 Å². The molecule has 2 heterocycles. The van der Waals surface area contributed by atoms with Crippen LogP contribution < -0.4 is 10.5 Å². The van der Waals surface area contributed by atoms with Crippen LogP contribution in [0.15, 0.2) is 82.1 Å². The zero-order valence-electron chi connectivity index (χ0n) is 22.9. The van der Waals surface area contributed by atoms with Crippen LogP contribution in [0.5, 0.6) is 5.75 Å². The molecule has 2 aromatic heterocycles. The van der Waals surface area contributed by atoms with Gasteiger partial charge in [0.1, 0.15) is 17.1 Å². The van der Waals surface area contributed by atoms with E-state index in [0.29, 0.717) is 22.4 Å². The number of thioether (sulfide) groups is 1. The molecule has 5 rings (SSSR count). The molecule has 2 N–H and O–H groups in total. The van der Waals surface area contributed by atoms with Crippen LogP contribution in [0.25, 0.3) is 45.0 Å². The highest BCUT2D eigenvalue weighted by atomic mass is 32.2. The average Bonchev–Trinajstić information content (AvgIpc) is 3.55. The van der Waals surface area contributed by atoms with Gasteiger partial charge in [-0.1, -0.05) is 24.3 Å². The van der Waals surface area contributed by atoms with E-state index in [9.17, 15) is 26.7 Å². The van der Waals surface area contributed by atoms with Gasteiger partial charge >= 0.3 is 12.3 Å². The highest BCUT2D eigenvalue weighted by Gasteiger charge is 2.42. The Morgan fingerprint density at radius 3 is 2.26 bits per heavy atom. The summed E-state index contributed by atoms with van der Waals surface area (Å²) >= 11 is 1.57. The summed E-state index contributed by atoms with van der Waals surface area (Å²) in [6.45, 7) is 1.61. The number of carbonyl (C=O) groups is 1. The Morgan fingerprint density at radius 1 is 0.930 bits per heavy atom. The average molecular weight is 615 g/mol. The molecule has 0 saturated heterocycles. The first kappa shape index (κ1) is 29.8. The smallest absolute Gasteiger partial charge is 0.440 e. The topological polar surface area (TPSA) is 96.2 Å². The van der Waals surface area contributed by atoms with Gasteiger partial charge in [-0.15, -0.1) is 24.9 Å². The van der Waals surface area contributed by atoms with Crippen molar-refractivity contribution in [3.05, 3.63) is 84.4 Å². The predicted molar refractivity (Wildman–Crippen MR) is 151 cm³/mol. The van der Waals surface area contributed by atoms with Crippen molar-refractivity contribution in [2.75, 3.05) is 6.26 Å². The summed E-state index contributed by atoms with van der Waals surface area (Å²) < 4.78 is 78.4. The van der Waals surface area contributed by atoms with Crippen molar-refractivity contribution < 1.29 is 35.9 Å². The Morgan fingerprint density at radius 2 is 1.60 bits per heavy atom. The van der Waals surface area contributed by atoms with E-state index in [1.54, 1.807) is 30.8 Å². The Labute approximate surface area is 246 Å². The normalized spacial score (nSPS) is 12.0. The summed E-state index contributed by atoms with van der Waals surface area (Å²) in [7, 11) is 1.45. The Hall–Kier alpha value is -4.65. The number of oxazole rings is 1. The van der Waals surface area contributed by atoms with Crippen molar-refractivity contribution in [2.24, 2.45) is 12.8 Å². The number of primary amides is 1. The molecule has 222 valence electrons. The molecule has 0 saturated carbocycles. The lowest BCUT2D eigenvalue weighted by Gasteiger charge is -2.13. The number of benzene rings is 3. The number of hydrogen-bond acceptors (Lipinski definition) is 6. The van der Waals surface area contributed by atoms with E-state index in [1.807, 2.05) is 36.6 Å². The van der Waals surface area contributed by atoms with Crippen LogP contribution >= 0.6 is 11.8 Å².